The van der Waals surface area contributed by atoms with Crippen molar-refractivity contribution in [1.82, 2.24) is 10.6 Å². The summed E-state index contributed by atoms with van der Waals surface area (Å²) in [7, 11) is 3.17. The van der Waals surface area contributed by atoms with Crippen molar-refractivity contribution in [2.75, 3.05) is 20.7 Å². The van der Waals surface area contributed by atoms with Crippen molar-refractivity contribution in [2.45, 2.75) is 19.6 Å². The molecule has 0 atom stereocenters. The summed E-state index contributed by atoms with van der Waals surface area (Å²) in [4.78, 5) is 4.13. The Hall–Kier alpha value is -1.62. The van der Waals surface area contributed by atoms with Gasteiger partial charge in [-0.25, -0.2) is 0 Å². The molecule has 0 radical (unpaired) electrons. The van der Waals surface area contributed by atoms with E-state index in [0.29, 0.717) is 17.3 Å². The van der Waals surface area contributed by atoms with Crippen LogP contribution in [0.2, 0.25) is 0 Å². The lowest BCUT2D eigenvalue weighted by Crippen LogP contribution is -2.37. The Bertz CT molecular complexity index is 685. The van der Waals surface area contributed by atoms with E-state index in [1.165, 1.54) is 18.7 Å². The summed E-state index contributed by atoms with van der Waals surface area (Å²) in [5.74, 6) is 1.26. The fourth-order valence-electron chi connectivity index (χ4n) is 2.19. The first kappa shape index (κ1) is 22.4. The number of methoxy groups -OCH3 is 1. The number of guanidine groups is 1. The van der Waals surface area contributed by atoms with Crippen LogP contribution in [0.4, 0.5) is 8.78 Å². The van der Waals surface area contributed by atoms with Gasteiger partial charge in [-0.05, 0) is 47.0 Å². The van der Waals surface area contributed by atoms with E-state index in [0.717, 1.165) is 13.0 Å². The summed E-state index contributed by atoms with van der Waals surface area (Å²) in [6.45, 7) is -1.89. The molecule has 1 aromatic carbocycles. The van der Waals surface area contributed by atoms with Gasteiger partial charge >= 0.3 is 6.61 Å². The summed E-state index contributed by atoms with van der Waals surface area (Å²) in [5, 5.41) is 10.4. The quantitative estimate of drug-likeness (QED) is 0.330. The average molecular weight is 497 g/mol. The van der Waals surface area contributed by atoms with Crippen LogP contribution in [0, 0.1) is 0 Å². The smallest absolute Gasteiger partial charge is 0.387 e. The molecule has 0 saturated heterocycles. The molecule has 0 aliphatic heterocycles. The lowest BCUT2D eigenvalue weighted by molar-refractivity contribution is -0.0504. The largest absolute Gasteiger partial charge is 0.497 e. The third kappa shape index (κ3) is 7.32. The predicted octanol–water partition coefficient (Wildman–Crippen LogP) is 3.88. The van der Waals surface area contributed by atoms with Gasteiger partial charge in [0.2, 0.25) is 0 Å². The normalized spacial score (nSPS) is 11.0. The molecule has 0 fully saturated rings. The van der Waals surface area contributed by atoms with Gasteiger partial charge in [0.15, 0.2) is 5.96 Å². The van der Waals surface area contributed by atoms with Gasteiger partial charge < -0.3 is 20.1 Å². The Labute approximate surface area is 172 Å². The van der Waals surface area contributed by atoms with E-state index in [4.69, 9.17) is 4.74 Å². The molecule has 0 saturated carbocycles. The molecule has 0 bridgehead atoms. The maximum atomic E-state index is 12.5. The molecule has 0 spiro atoms. The predicted molar refractivity (Wildman–Crippen MR) is 111 cm³/mol. The summed E-state index contributed by atoms with van der Waals surface area (Å²) in [5.41, 5.74) is 1.81. The third-order valence-corrected chi connectivity index (χ3v) is 4.17. The van der Waals surface area contributed by atoms with Crippen molar-refractivity contribution >= 4 is 41.3 Å². The van der Waals surface area contributed by atoms with Gasteiger partial charge in [0.25, 0.3) is 0 Å². The molecule has 9 heteroatoms. The first-order chi connectivity index (χ1) is 12.1. The van der Waals surface area contributed by atoms with Gasteiger partial charge in [-0.1, -0.05) is 0 Å². The Kier molecular flexibility index (Phi) is 10.3. The summed E-state index contributed by atoms with van der Waals surface area (Å²) >= 11 is 1.66. The van der Waals surface area contributed by atoms with Gasteiger partial charge in [0.1, 0.15) is 11.5 Å². The fraction of sp³-hybridized carbons (Fsp3) is 0.353. The second kappa shape index (κ2) is 11.9. The number of rotatable bonds is 8. The minimum atomic E-state index is -2.88. The van der Waals surface area contributed by atoms with Crippen molar-refractivity contribution in [3.05, 3.63) is 46.2 Å². The number of hydrogen-bond donors (Lipinski definition) is 2. The first-order valence-corrected chi connectivity index (χ1v) is 8.64. The van der Waals surface area contributed by atoms with Crippen LogP contribution in [0.3, 0.4) is 0 Å². The van der Waals surface area contributed by atoms with E-state index < -0.39 is 6.61 Å². The van der Waals surface area contributed by atoms with E-state index in [2.05, 4.69) is 31.8 Å². The summed E-state index contributed by atoms with van der Waals surface area (Å²) in [6, 6.07) is 6.78. The monoisotopic (exact) mass is 497 g/mol. The second-order valence-electron chi connectivity index (χ2n) is 5.09. The third-order valence-electron chi connectivity index (χ3n) is 3.44. The van der Waals surface area contributed by atoms with Gasteiger partial charge in [-0.15, -0.1) is 24.0 Å². The number of ether oxygens (including phenoxy) is 2. The number of thiophene rings is 1. The minimum Gasteiger partial charge on any atom is -0.497 e. The van der Waals surface area contributed by atoms with Gasteiger partial charge in [-0.3, -0.25) is 4.99 Å². The molecule has 0 aliphatic rings. The number of nitrogens with one attached hydrogen (secondary N) is 2. The van der Waals surface area contributed by atoms with Crippen molar-refractivity contribution in [2.24, 2.45) is 4.99 Å². The number of alkyl halides is 2. The Morgan fingerprint density at radius 3 is 2.69 bits per heavy atom. The lowest BCUT2D eigenvalue weighted by atomic mass is 10.2. The number of benzene rings is 1. The molecule has 1 aromatic heterocycles. The highest BCUT2D eigenvalue weighted by atomic mass is 127. The molecular weight excluding hydrogens is 475 g/mol. The van der Waals surface area contributed by atoms with E-state index in [-0.39, 0.29) is 36.3 Å². The zero-order valence-corrected chi connectivity index (χ0v) is 17.6. The molecule has 2 N–H and O–H groups in total. The minimum absolute atomic E-state index is 0. The van der Waals surface area contributed by atoms with Gasteiger partial charge in [0.05, 0.1) is 7.11 Å². The highest BCUT2D eigenvalue weighted by Crippen LogP contribution is 2.25. The number of aliphatic imine (C=N–C) groups is 1. The van der Waals surface area contributed by atoms with Crippen LogP contribution in [-0.4, -0.2) is 33.3 Å². The molecule has 2 rings (SSSR count). The number of hydrogen-bond acceptors (Lipinski definition) is 4. The highest BCUT2D eigenvalue weighted by molar-refractivity contribution is 14.0. The second-order valence-corrected chi connectivity index (χ2v) is 5.87. The standard InChI is InChI=1S/C17H21F2N3O2S.HI/c1-20-17(21-7-5-12-6-8-25-11-12)22-10-13-9-14(23-2)3-4-15(13)24-16(18)19;/h3-4,6,8-9,11,16H,5,7,10H2,1-2H3,(H2,20,21,22);1H. The van der Waals surface area contributed by atoms with Crippen LogP contribution in [0.25, 0.3) is 0 Å². The molecule has 0 unspecified atom stereocenters. The first-order valence-electron chi connectivity index (χ1n) is 7.69. The van der Waals surface area contributed by atoms with E-state index >= 15 is 0 Å². The SMILES string of the molecule is CN=C(NCCc1ccsc1)NCc1cc(OC)ccc1OC(F)F.I. The molecule has 0 amide bonds. The Morgan fingerprint density at radius 2 is 2.08 bits per heavy atom. The van der Waals surface area contributed by atoms with E-state index in [1.807, 2.05) is 5.38 Å². The van der Waals surface area contributed by atoms with Gasteiger partial charge in [-0.2, -0.15) is 20.1 Å². The lowest BCUT2D eigenvalue weighted by Gasteiger charge is -2.15. The van der Waals surface area contributed by atoms with Crippen molar-refractivity contribution in [3.63, 3.8) is 0 Å². The summed E-state index contributed by atoms with van der Waals surface area (Å²) < 4.78 is 34.8. The van der Waals surface area contributed by atoms with Crippen LogP contribution in [0.1, 0.15) is 11.1 Å². The van der Waals surface area contributed by atoms with E-state index in [9.17, 15) is 8.78 Å². The number of halogens is 3. The number of nitrogens with zero attached hydrogens (tertiary/aromatic N) is 1. The molecule has 1 heterocycles. The van der Waals surface area contributed by atoms with Crippen LogP contribution in [-0.2, 0) is 13.0 Å². The molecule has 5 nitrogen and oxygen atoms in total. The Balaban J connectivity index is 0.00000338. The molecule has 0 aliphatic carbocycles. The zero-order valence-electron chi connectivity index (χ0n) is 14.5. The maximum absolute atomic E-state index is 12.5. The van der Waals surface area contributed by atoms with E-state index in [1.54, 1.807) is 30.5 Å². The van der Waals surface area contributed by atoms with Crippen LogP contribution >= 0.6 is 35.3 Å². The Morgan fingerprint density at radius 1 is 1.27 bits per heavy atom. The summed E-state index contributed by atoms with van der Waals surface area (Å²) in [6.07, 6.45) is 0.878. The fourth-order valence-corrected chi connectivity index (χ4v) is 2.89. The zero-order chi connectivity index (χ0) is 18.1. The van der Waals surface area contributed by atoms with Crippen molar-refractivity contribution < 1.29 is 18.3 Å². The maximum Gasteiger partial charge on any atom is 0.387 e. The molecule has 144 valence electrons. The van der Waals surface area contributed by atoms with Crippen molar-refractivity contribution in [3.8, 4) is 11.5 Å². The molecule has 2 aromatic rings. The topological polar surface area (TPSA) is 54.9 Å². The van der Waals surface area contributed by atoms with Crippen LogP contribution in [0.15, 0.2) is 40.0 Å². The molecular formula is C17H22F2IN3O2S. The molecule has 26 heavy (non-hydrogen) atoms. The van der Waals surface area contributed by atoms with Crippen molar-refractivity contribution in [1.29, 1.82) is 0 Å². The van der Waals surface area contributed by atoms with Crippen LogP contribution < -0.4 is 20.1 Å². The average Bonchev–Trinajstić information content (AvgIpc) is 3.12. The van der Waals surface area contributed by atoms with Gasteiger partial charge in [0, 0.05) is 25.7 Å². The van der Waals surface area contributed by atoms with Crippen LogP contribution in [0.5, 0.6) is 11.5 Å². The highest BCUT2D eigenvalue weighted by Gasteiger charge is 2.11.